The Balaban J connectivity index is 0.00000242. The minimum atomic E-state index is -0.451. The largest absolute Gasteiger partial charge is 0.481 e. The third-order valence-electron chi connectivity index (χ3n) is 3.97. The average molecular weight is 327 g/mol. The van der Waals surface area contributed by atoms with Crippen LogP contribution in [0, 0.1) is 0 Å². The van der Waals surface area contributed by atoms with E-state index in [4.69, 9.17) is 4.74 Å². The molecule has 1 aliphatic heterocycles. The molecule has 1 amide bonds. The molecule has 0 aromatic heterocycles. The molecule has 124 valence electrons. The van der Waals surface area contributed by atoms with Gasteiger partial charge in [0.25, 0.3) is 5.91 Å². The Morgan fingerprint density at radius 1 is 1.36 bits per heavy atom. The smallest absolute Gasteiger partial charge is 0.263 e. The fourth-order valence-electron chi connectivity index (χ4n) is 2.60. The Hall–Kier alpha value is -1.26. The lowest BCUT2D eigenvalue weighted by atomic mass is 10.0. The van der Waals surface area contributed by atoms with Crippen LogP contribution in [0.3, 0.4) is 0 Å². The molecule has 1 heterocycles. The van der Waals surface area contributed by atoms with Gasteiger partial charge in [-0.1, -0.05) is 26.0 Å². The summed E-state index contributed by atoms with van der Waals surface area (Å²) in [5.74, 6) is 1.29. The van der Waals surface area contributed by atoms with Crippen LogP contribution < -0.4 is 10.1 Å². The summed E-state index contributed by atoms with van der Waals surface area (Å²) in [5, 5.41) is 3.29. The molecule has 1 aliphatic rings. The van der Waals surface area contributed by atoms with Crippen molar-refractivity contribution in [2.24, 2.45) is 0 Å². The normalized spacial score (nSPS) is 19.5. The number of carbonyl (C=O) groups excluding carboxylic acids is 1. The van der Waals surface area contributed by atoms with Crippen LogP contribution in [-0.2, 0) is 4.79 Å². The maximum absolute atomic E-state index is 12.5. The number of carbonyl (C=O) groups is 1. The highest BCUT2D eigenvalue weighted by Crippen LogP contribution is 2.21. The van der Waals surface area contributed by atoms with E-state index in [1.807, 2.05) is 30.0 Å². The molecular formula is C17H27ClN2O2. The van der Waals surface area contributed by atoms with Crippen molar-refractivity contribution in [2.45, 2.75) is 45.8 Å². The van der Waals surface area contributed by atoms with Gasteiger partial charge in [-0.15, -0.1) is 12.4 Å². The molecule has 0 bridgehead atoms. The van der Waals surface area contributed by atoms with Gasteiger partial charge < -0.3 is 15.0 Å². The number of piperazine rings is 1. The molecule has 0 radical (unpaired) electrons. The van der Waals surface area contributed by atoms with Gasteiger partial charge in [-0.2, -0.15) is 0 Å². The topological polar surface area (TPSA) is 41.6 Å². The van der Waals surface area contributed by atoms with Gasteiger partial charge in [-0.3, -0.25) is 4.79 Å². The molecule has 1 unspecified atom stereocenters. The molecule has 0 aliphatic carbocycles. The number of nitrogens with one attached hydrogen (secondary N) is 1. The molecule has 0 spiro atoms. The molecular weight excluding hydrogens is 300 g/mol. The first-order valence-electron chi connectivity index (χ1n) is 7.77. The fourth-order valence-corrected chi connectivity index (χ4v) is 2.60. The van der Waals surface area contributed by atoms with Gasteiger partial charge in [0, 0.05) is 25.7 Å². The van der Waals surface area contributed by atoms with Gasteiger partial charge in [0.1, 0.15) is 5.75 Å². The molecule has 0 saturated carbocycles. The predicted molar refractivity (Wildman–Crippen MR) is 91.9 cm³/mol. The van der Waals surface area contributed by atoms with E-state index in [2.05, 4.69) is 32.2 Å². The summed E-state index contributed by atoms with van der Waals surface area (Å²) in [5.41, 5.74) is 1.22. The van der Waals surface area contributed by atoms with E-state index < -0.39 is 6.10 Å². The standard InChI is InChI=1S/C17H26N2O2.ClH/c1-12(2)15-6-5-7-16(10-15)21-14(4)17(20)19-9-8-18-11-13(19)3;/h5-7,10,12-14,18H,8-9,11H2,1-4H3;1H/t13-,14?;/m0./s1. The Morgan fingerprint density at radius 2 is 2.09 bits per heavy atom. The van der Waals surface area contributed by atoms with Crippen molar-refractivity contribution < 1.29 is 9.53 Å². The third-order valence-corrected chi connectivity index (χ3v) is 3.97. The van der Waals surface area contributed by atoms with Gasteiger partial charge in [-0.25, -0.2) is 0 Å². The van der Waals surface area contributed by atoms with Gasteiger partial charge in [-0.05, 0) is 37.5 Å². The van der Waals surface area contributed by atoms with Gasteiger partial charge in [0.15, 0.2) is 6.10 Å². The van der Waals surface area contributed by atoms with Gasteiger partial charge >= 0.3 is 0 Å². The lowest BCUT2D eigenvalue weighted by Crippen LogP contribution is -2.55. The van der Waals surface area contributed by atoms with E-state index >= 15 is 0 Å². The predicted octanol–water partition coefficient (Wildman–Crippen LogP) is 2.82. The van der Waals surface area contributed by atoms with Crippen LogP contribution in [0.15, 0.2) is 24.3 Å². The molecule has 4 nitrogen and oxygen atoms in total. The first kappa shape index (κ1) is 18.8. The summed E-state index contributed by atoms with van der Waals surface area (Å²) >= 11 is 0. The van der Waals surface area contributed by atoms with Crippen LogP contribution in [0.4, 0.5) is 0 Å². The highest BCUT2D eigenvalue weighted by molar-refractivity contribution is 5.85. The molecule has 1 fully saturated rings. The second-order valence-corrected chi connectivity index (χ2v) is 6.07. The fraction of sp³-hybridized carbons (Fsp3) is 0.588. The van der Waals surface area contributed by atoms with E-state index in [1.54, 1.807) is 0 Å². The molecule has 5 heteroatoms. The molecule has 1 saturated heterocycles. The van der Waals surface area contributed by atoms with Crippen molar-refractivity contribution in [1.82, 2.24) is 10.2 Å². The third kappa shape index (κ3) is 4.62. The van der Waals surface area contributed by atoms with Crippen molar-refractivity contribution in [3.05, 3.63) is 29.8 Å². The van der Waals surface area contributed by atoms with E-state index in [1.165, 1.54) is 5.56 Å². The first-order valence-corrected chi connectivity index (χ1v) is 7.77. The highest BCUT2D eigenvalue weighted by atomic mass is 35.5. The zero-order valence-electron chi connectivity index (χ0n) is 13.8. The summed E-state index contributed by atoms with van der Waals surface area (Å²) in [4.78, 5) is 14.4. The number of rotatable bonds is 4. The first-order chi connectivity index (χ1) is 9.99. The summed E-state index contributed by atoms with van der Waals surface area (Å²) in [6.07, 6.45) is -0.451. The lowest BCUT2D eigenvalue weighted by Gasteiger charge is -2.35. The number of nitrogens with zero attached hydrogens (tertiary/aromatic N) is 1. The maximum Gasteiger partial charge on any atom is 0.263 e. The molecule has 1 N–H and O–H groups in total. The second kappa shape index (κ2) is 8.39. The van der Waals surface area contributed by atoms with E-state index in [9.17, 15) is 4.79 Å². The van der Waals surface area contributed by atoms with Crippen molar-refractivity contribution in [2.75, 3.05) is 19.6 Å². The Morgan fingerprint density at radius 3 is 2.73 bits per heavy atom. The maximum atomic E-state index is 12.5. The van der Waals surface area contributed by atoms with Crippen LogP contribution in [0.25, 0.3) is 0 Å². The number of halogens is 1. The summed E-state index contributed by atoms with van der Waals surface area (Å²) in [6.45, 7) is 10.6. The van der Waals surface area contributed by atoms with Gasteiger partial charge in [0.2, 0.25) is 0 Å². The molecule has 2 rings (SSSR count). The van der Waals surface area contributed by atoms with Crippen molar-refractivity contribution in [3.8, 4) is 5.75 Å². The molecule has 22 heavy (non-hydrogen) atoms. The van der Waals surface area contributed by atoms with Crippen LogP contribution in [0.1, 0.15) is 39.2 Å². The summed E-state index contributed by atoms with van der Waals surface area (Å²) in [6, 6.07) is 8.23. The average Bonchev–Trinajstić information content (AvgIpc) is 2.47. The van der Waals surface area contributed by atoms with E-state index in [-0.39, 0.29) is 24.4 Å². The number of amides is 1. The number of hydrogen-bond acceptors (Lipinski definition) is 3. The highest BCUT2D eigenvalue weighted by Gasteiger charge is 2.27. The van der Waals surface area contributed by atoms with Crippen LogP contribution in [0.5, 0.6) is 5.75 Å². The molecule has 1 aromatic carbocycles. The number of ether oxygens (including phenoxy) is 1. The van der Waals surface area contributed by atoms with Gasteiger partial charge in [0.05, 0.1) is 0 Å². The monoisotopic (exact) mass is 326 g/mol. The van der Waals surface area contributed by atoms with Crippen LogP contribution >= 0.6 is 12.4 Å². The van der Waals surface area contributed by atoms with Crippen molar-refractivity contribution in [3.63, 3.8) is 0 Å². The Kier molecular flexibility index (Phi) is 7.17. The van der Waals surface area contributed by atoms with Crippen LogP contribution in [-0.4, -0.2) is 42.6 Å². The SMILES string of the molecule is CC(Oc1cccc(C(C)C)c1)C(=O)N1CCNC[C@@H]1C.Cl. The molecule has 2 atom stereocenters. The summed E-state index contributed by atoms with van der Waals surface area (Å²) in [7, 11) is 0. The van der Waals surface area contributed by atoms with E-state index in [0.717, 1.165) is 25.4 Å². The van der Waals surface area contributed by atoms with Crippen LogP contribution in [0.2, 0.25) is 0 Å². The Bertz CT molecular complexity index is 493. The number of benzene rings is 1. The van der Waals surface area contributed by atoms with E-state index in [0.29, 0.717) is 5.92 Å². The zero-order chi connectivity index (χ0) is 15.4. The lowest BCUT2D eigenvalue weighted by molar-refractivity contribution is -0.140. The second-order valence-electron chi connectivity index (χ2n) is 6.07. The summed E-state index contributed by atoms with van der Waals surface area (Å²) < 4.78 is 5.86. The number of hydrogen-bond donors (Lipinski definition) is 1. The molecule has 1 aromatic rings. The van der Waals surface area contributed by atoms with Crippen molar-refractivity contribution in [1.29, 1.82) is 0 Å². The minimum absolute atomic E-state index is 0. The van der Waals surface area contributed by atoms with Crippen molar-refractivity contribution >= 4 is 18.3 Å². The Labute approximate surface area is 139 Å². The minimum Gasteiger partial charge on any atom is -0.481 e. The zero-order valence-corrected chi connectivity index (χ0v) is 14.7. The quantitative estimate of drug-likeness (QED) is 0.925.